The zero-order valence-corrected chi connectivity index (χ0v) is 12.6. The van der Waals surface area contributed by atoms with Gasteiger partial charge in [-0.3, -0.25) is 4.79 Å². The van der Waals surface area contributed by atoms with Gasteiger partial charge in [0.15, 0.2) is 0 Å². The first-order valence-electron chi connectivity index (χ1n) is 7.31. The largest absolute Gasteiger partial charge is 0.378 e. The Bertz CT molecular complexity index is 468. The van der Waals surface area contributed by atoms with Crippen molar-refractivity contribution in [2.75, 3.05) is 26.3 Å². The van der Waals surface area contributed by atoms with Crippen molar-refractivity contribution < 1.29 is 13.9 Å². The van der Waals surface area contributed by atoms with Crippen LogP contribution in [0.1, 0.15) is 25.8 Å². The molecule has 1 saturated heterocycles. The third-order valence-corrected chi connectivity index (χ3v) is 3.78. The fraction of sp³-hybridized carbons (Fsp3) is 0.562. The van der Waals surface area contributed by atoms with Gasteiger partial charge < -0.3 is 15.4 Å². The second-order valence-electron chi connectivity index (χ2n) is 6.10. The highest BCUT2D eigenvalue weighted by atomic mass is 19.1. The molecule has 1 heterocycles. The second-order valence-corrected chi connectivity index (χ2v) is 6.10. The Morgan fingerprint density at radius 1 is 1.43 bits per heavy atom. The summed E-state index contributed by atoms with van der Waals surface area (Å²) in [4.78, 5) is 12.0. The normalized spacial score (nSPS) is 19.3. The topological polar surface area (TPSA) is 50.4 Å². The first-order chi connectivity index (χ1) is 9.97. The third kappa shape index (κ3) is 4.79. The lowest BCUT2D eigenvalue weighted by Gasteiger charge is -2.27. The molecule has 0 spiro atoms. The number of hydrogen-bond donors (Lipinski definition) is 2. The van der Waals surface area contributed by atoms with Gasteiger partial charge in [-0.15, -0.1) is 0 Å². The lowest BCUT2D eigenvalue weighted by molar-refractivity contribution is -0.122. The maximum Gasteiger partial charge on any atom is 0.221 e. The molecule has 116 valence electrons. The summed E-state index contributed by atoms with van der Waals surface area (Å²) >= 11 is 0. The van der Waals surface area contributed by atoms with E-state index in [1.807, 2.05) is 13.8 Å². The molecule has 1 unspecified atom stereocenters. The molecular weight excluding hydrogens is 271 g/mol. The van der Waals surface area contributed by atoms with Gasteiger partial charge in [0, 0.05) is 31.0 Å². The van der Waals surface area contributed by atoms with Gasteiger partial charge in [0.1, 0.15) is 5.82 Å². The van der Waals surface area contributed by atoms with Crippen molar-refractivity contribution in [3.05, 3.63) is 35.6 Å². The average Bonchev–Trinajstić information content (AvgIpc) is 2.47. The summed E-state index contributed by atoms with van der Waals surface area (Å²) in [6, 6.07) is 6.51. The minimum Gasteiger partial charge on any atom is -0.378 e. The standard InChI is InChI=1S/C16H23FN2O2/c1-16(2,12-3-5-13(17)6-4-12)11-19-15(20)9-14-10-21-8-7-18-14/h3-6,14,18H,7-11H2,1-2H3,(H,19,20). The van der Waals surface area contributed by atoms with Crippen molar-refractivity contribution in [3.63, 3.8) is 0 Å². The molecule has 1 aromatic carbocycles. The predicted octanol–water partition coefficient (Wildman–Crippen LogP) is 1.60. The maximum absolute atomic E-state index is 13.0. The summed E-state index contributed by atoms with van der Waals surface area (Å²) in [5.74, 6) is -0.241. The van der Waals surface area contributed by atoms with Crippen LogP contribution in [0.2, 0.25) is 0 Å². The number of carbonyl (C=O) groups is 1. The van der Waals surface area contributed by atoms with Crippen molar-refractivity contribution in [3.8, 4) is 0 Å². The van der Waals surface area contributed by atoms with Gasteiger partial charge in [0.05, 0.1) is 13.2 Å². The molecule has 4 nitrogen and oxygen atoms in total. The molecule has 5 heteroatoms. The van der Waals surface area contributed by atoms with Crippen LogP contribution in [-0.4, -0.2) is 38.3 Å². The molecule has 0 saturated carbocycles. The number of rotatable bonds is 5. The number of halogens is 1. The van der Waals surface area contributed by atoms with Gasteiger partial charge in [-0.2, -0.15) is 0 Å². The monoisotopic (exact) mass is 294 g/mol. The molecule has 2 N–H and O–H groups in total. The lowest BCUT2D eigenvalue weighted by atomic mass is 9.84. The Kier molecular flexibility index (Phi) is 5.31. The minimum atomic E-state index is -0.248. The molecule has 1 aromatic rings. The van der Waals surface area contributed by atoms with Crippen molar-refractivity contribution >= 4 is 5.91 Å². The van der Waals surface area contributed by atoms with Gasteiger partial charge in [0.2, 0.25) is 5.91 Å². The number of morpholine rings is 1. The van der Waals surface area contributed by atoms with Gasteiger partial charge in [-0.05, 0) is 17.7 Å². The summed E-state index contributed by atoms with van der Waals surface area (Å²) in [6.07, 6.45) is 0.416. The van der Waals surface area contributed by atoms with E-state index in [-0.39, 0.29) is 23.2 Å². The Hall–Kier alpha value is -1.46. The highest BCUT2D eigenvalue weighted by molar-refractivity contribution is 5.76. The number of carbonyl (C=O) groups excluding carboxylic acids is 1. The number of ether oxygens (including phenoxy) is 1. The Balaban J connectivity index is 1.82. The molecule has 0 aromatic heterocycles. The molecule has 1 amide bonds. The van der Waals surface area contributed by atoms with Gasteiger partial charge in [0.25, 0.3) is 0 Å². The lowest BCUT2D eigenvalue weighted by Crippen LogP contribution is -2.45. The quantitative estimate of drug-likeness (QED) is 0.867. The molecule has 1 fully saturated rings. The minimum absolute atomic E-state index is 0.00758. The summed E-state index contributed by atoms with van der Waals surface area (Å²) < 4.78 is 18.3. The van der Waals surface area contributed by atoms with Crippen LogP contribution in [0.4, 0.5) is 4.39 Å². The van der Waals surface area contributed by atoms with E-state index < -0.39 is 0 Å². The molecule has 1 atom stereocenters. The first kappa shape index (κ1) is 15.9. The fourth-order valence-corrected chi connectivity index (χ4v) is 2.37. The molecule has 0 radical (unpaired) electrons. The average molecular weight is 294 g/mol. The zero-order valence-electron chi connectivity index (χ0n) is 12.6. The molecule has 0 bridgehead atoms. The number of hydrogen-bond acceptors (Lipinski definition) is 3. The Morgan fingerprint density at radius 2 is 2.14 bits per heavy atom. The van der Waals surface area contributed by atoms with Gasteiger partial charge in [-0.1, -0.05) is 26.0 Å². The fourth-order valence-electron chi connectivity index (χ4n) is 2.37. The van der Waals surface area contributed by atoms with Crippen LogP contribution in [0.3, 0.4) is 0 Å². The number of nitrogens with one attached hydrogen (secondary N) is 2. The number of amides is 1. The van der Waals surface area contributed by atoms with Crippen LogP contribution in [0.15, 0.2) is 24.3 Å². The van der Waals surface area contributed by atoms with E-state index in [0.717, 1.165) is 12.1 Å². The summed E-state index contributed by atoms with van der Waals surface area (Å²) in [5, 5.41) is 6.21. The summed E-state index contributed by atoms with van der Waals surface area (Å²) in [7, 11) is 0. The zero-order chi connectivity index (χ0) is 15.3. The highest BCUT2D eigenvalue weighted by Crippen LogP contribution is 2.22. The summed E-state index contributed by atoms with van der Waals surface area (Å²) in [5.41, 5.74) is 0.767. The predicted molar refractivity (Wildman–Crippen MR) is 79.7 cm³/mol. The van der Waals surface area contributed by atoms with Gasteiger partial charge >= 0.3 is 0 Å². The third-order valence-electron chi connectivity index (χ3n) is 3.78. The van der Waals surface area contributed by atoms with Crippen LogP contribution in [-0.2, 0) is 14.9 Å². The van der Waals surface area contributed by atoms with Crippen LogP contribution in [0.25, 0.3) is 0 Å². The van der Waals surface area contributed by atoms with E-state index >= 15 is 0 Å². The molecule has 1 aliphatic heterocycles. The number of benzene rings is 1. The highest BCUT2D eigenvalue weighted by Gasteiger charge is 2.23. The van der Waals surface area contributed by atoms with E-state index in [0.29, 0.717) is 26.2 Å². The van der Waals surface area contributed by atoms with Crippen molar-refractivity contribution in [2.24, 2.45) is 0 Å². The van der Waals surface area contributed by atoms with E-state index in [1.54, 1.807) is 12.1 Å². The maximum atomic E-state index is 13.0. The molecule has 2 rings (SSSR count). The van der Waals surface area contributed by atoms with Crippen molar-refractivity contribution in [1.82, 2.24) is 10.6 Å². The van der Waals surface area contributed by atoms with Crippen LogP contribution < -0.4 is 10.6 Å². The van der Waals surface area contributed by atoms with Crippen molar-refractivity contribution in [2.45, 2.75) is 31.7 Å². The summed E-state index contributed by atoms with van der Waals surface area (Å²) in [6.45, 7) is 6.65. The van der Waals surface area contributed by atoms with E-state index in [2.05, 4.69) is 10.6 Å². The molecular formula is C16H23FN2O2. The molecule has 21 heavy (non-hydrogen) atoms. The van der Waals surface area contributed by atoms with Crippen LogP contribution in [0.5, 0.6) is 0 Å². The van der Waals surface area contributed by atoms with E-state index in [1.165, 1.54) is 12.1 Å². The SMILES string of the molecule is CC(C)(CNC(=O)CC1COCCN1)c1ccc(F)cc1. The van der Waals surface area contributed by atoms with E-state index in [4.69, 9.17) is 4.74 Å². The van der Waals surface area contributed by atoms with Crippen LogP contribution in [0, 0.1) is 5.82 Å². The van der Waals surface area contributed by atoms with Crippen molar-refractivity contribution in [1.29, 1.82) is 0 Å². The molecule has 1 aliphatic rings. The van der Waals surface area contributed by atoms with Crippen LogP contribution >= 0.6 is 0 Å². The molecule has 0 aliphatic carbocycles. The first-order valence-corrected chi connectivity index (χ1v) is 7.31. The second kappa shape index (κ2) is 7.00. The van der Waals surface area contributed by atoms with Gasteiger partial charge in [-0.25, -0.2) is 4.39 Å². The van der Waals surface area contributed by atoms with E-state index in [9.17, 15) is 9.18 Å². The smallest absolute Gasteiger partial charge is 0.221 e. The Labute approximate surface area is 125 Å². The Morgan fingerprint density at radius 3 is 2.76 bits per heavy atom.